The van der Waals surface area contributed by atoms with Crippen LogP contribution in [0.1, 0.15) is 64.7 Å². The van der Waals surface area contributed by atoms with E-state index in [4.69, 9.17) is 18.9 Å². The van der Waals surface area contributed by atoms with Crippen LogP contribution in [0, 0.1) is 10.8 Å². The number of aromatic carboxylic acids is 1. The molecule has 1 rings (SSSR count). The number of carbonyl (C=O) groups excluding carboxylic acids is 2. The number of rotatable bonds is 15. The summed E-state index contributed by atoms with van der Waals surface area (Å²) < 4.78 is 22.4. The van der Waals surface area contributed by atoms with Crippen LogP contribution in [-0.2, 0) is 19.1 Å². The lowest BCUT2D eigenvalue weighted by molar-refractivity contribution is -0.143. The molecule has 35 heavy (non-hydrogen) atoms. The highest BCUT2D eigenvalue weighted by molar-refractivity contribution is 5.89. The van der Waals surface area contributed by atoms with Crippen molar-refractivity contribution in [2.75, 3.05) is 26.4 Å². The normalized spacial score (nSPS) is 14.1. The van der Waals surface area contributed by atoms with Crippen LogP contribution in [0.3, 0.4) is 0 Å². The predicted octanol–water partition coefficient (Wildman–Crippen LogP) is 5.21. The fourth-order valence-electron chi connectivity index (χ4n) is 2.59. The summed E-state index contributed by atoms with van der Waals surface area (Å²) in [6.07, 6.45) is 1.33. The summed E-state index contributed by atoms with van der Waals surface area (Å²) in [7, 11) is 0. The van der Waals surface area contributed by atoms with Gasteiger partial charge in [0.05, 0.1) is 18.8 Å². The first-order chi connectivity index (χ1) is 16.2. The molecule has 0 fully saturated rings. The first-order valence-corrected chi connectivity index (χ1v) is 11.5. The molecule has 0 saturated carbocycles. The Hall–Kier alpha value is -3.29. The summed E-state index contributed by atoms with van der Waals surface area (Å²) >= 11 is 0. The molecule has 0 spiro atoms. The van der Waals surface area contributed by atoms with Gasteiger partial charge in [0, 0.05) is 28.0 Å². The number of carboxylic acid groups (broad SMARTS) is 1. The van der Waals surface area contributed by atoms with Gasteiger partial charge in [0.1, 0.15) is 24.7 Å². The smallest absolute Gasteiger partial charge is 0.335 e. The summed E-state index contributed by atoms with van der Waals surface area (Å²) in [5.74, 6) is -1.43. The van der Waals surface area contributed by atoms with Crippen molar-refractivity contribution in [2.24, 2.45) is 10.8 Å². The van der Waals surface area contributed by atoms with E-state index in [2.05, 4.69) is 13.2 Å². The van der Waals surface area contributed by atoms with Crippen molar-refractivity contribution in [1.29, 1.82) is 0 Å². The van der Waals surface area contributed by atoms with E-state index in [1.807, 2.05) is 27.7 Å². The third kappa shape index (κ3) is 9.84. The van der Waals surface area contributed by atoms with Crippen LogP contribution in [0.2, 0.25) is 0 Å². The summed E-state index contributed by atoms with van der Waals surface area (Å²) in [4.78, 5) is 35.2. The fourth-order valence-corrected chi connectivity index (χ4v) is 2.59. The summed E-state index contributed by atoms with van der Waals surface area (Å²) in [6, 6.07) is 4.44. The van der Waals surface area contributed by atoms with Gasteiger partial charge in [-0.1, -0.05) is 40.9 Å². The van der Waals surface area contributed by atoms with Crippen LogP contribution in [0.15, 0.2) is 42.5 Å². The first-order valence-electron chi connectivity index (χ1n) is 11.5. The van der Waals surface area contributed by atoms with Gasteiger partial charge in [-0.05, 0) is 38.8 Å². The van der Waals surface area contributed by atoms with Crippen molar-refractivity contribution in [2.45, 2.75) is 54.4 Å². The molecule has 8 nitrogen and oxygen atoms in total. The Morgan fingerprint density at radius 2 is 1.14 bits per heavy atom. The van der Waals surface area contributed by atoms with Crippen molar-refractivity contribution in [1.82, 2.24) is 0 Å². The minimum Gasteiger partial charge on any atom is -0.493 e. The number of hydrogen-bond acceptors (Lipinski definition) is 7. The van der Waals surface area contributed by atoms with E-state index in [0.29, 0.717) is 35.5 Å². The molecule has 1 aromatic rings. The van der Waals surface area contributed by atoms with E-state index >= 15 is 0 Å². The van der Waals surface area contributed by atoms with Crippen LogP contribution in [0.4, 0.5) is 0 Å². The zero-order valence-corrected chi connectivity index (χ0v) is 21.7. The minimum absolute atomic E-state index is 0.0105. The maximum absolute atomic E-state index is 11.8. The Bertz CT molecular complexity index is 884. The molecular formula is C27H38O8. The lowest BCUT2D eigenvalue weighted by Crippen LogP contribution is -2.31. The summed E-state index contributed by atoms with van der Waals surface area (Å²) in [6.45, 7) is 18.7. The molecule has 1 N–H and O–H groups in total. The van der Waals surface area contributed by atoms with Crippen LogP contribution in [-0.4, -0.2) is 49.4 Å². The molecule has 2 unspecified atom stereocenters. The standard InChI is InChI=1S/C27H38O8/c1-9-26(7,16-34-24(30)18(3)4)14-32-21-11-20(23(28)29)12-22(13-21)33-15-27(8,10-2)17-35-25(31)19(5)6/h11-13H,3,5,9-10,14-17H2,1-2,4,6-8H3,(H,28,29). The summed E-state index contributed by atoms with van der Waals surface area (Å²) in [5.41, 5.74) is -0.336. The predicted molar refractivity (Wildman–Crippen MR) is 133 cm³/mol. The second-order valence-corrected chi connectivity index (χ2v) is 9.62. The Labute approximate surface area is 207 Å². The molecule has 0 aromatic heterocycles. The molecule has 0 amide bonds. The molecule has 194 valence electrons. The van der Waals surface area contributed by atoms with E-state index in [1.165, 1.54) is 12.1 Å². The van der Waals surface area contributed by atoms with Crippen LogP contribution in [0.5, 0.6) is 11.5 Å². The second-order valence-electron chi connectivity index (χ2n) is 9.62. The molecule has 1 aromatic carbocycles. The van der Waals surface area contributed by atoms with Crippen LogP contribution in [0.25, 0.3) is 0 Å². The Morgan fingerprint density at radius 1 is 0.771 bits per heavy atom. The Morgan fingerprint density at radius 3 is 1.43 bits per heavy atom. The lowest BCUT2D eigenvalue weighted by atomic mass is 9.89. The number of benzene rings is 1. The van der Waals surface area contributed by atoms with Gasteiger partial charge >= 0.3 is 17.9 Å². The highest BCUT2D eigenvalue weighted by Crippen LogP contribution is 2.30. The van der Waals surface area contributed by atoms with Gasteiger partial charge in [0.2, 0.25) is 0 Å². The average Bonchev–Trinajstić information content (AvgIpc) is 2.82. The van der Waals surface area contributed by atoms with E-state index in [-0.39, 0.29) is 32.0 Å². The van der Waals surface area contributed by atoms with Gasteiger partial charge in [-0.3, -0.25) is 0 Å². The third-order valence-electron chi connectivity index (χ3n) is 5.81. The number of hydrogen-bond donors (Lipinski definition) is 1. The van der Waals surface area contributed by atoms with E-state index in [1.54, 1.807) is 19.9 Å². The molecule has 0 bridgehead atoms. The minimum atomic E-state index is -1.12. The first kappa shape index (κ1) is 29.7. The molecule has 0 aliphatic heterocycles. The fraction of sp³-hybridized carbons (Fsp3) is 0.519. The van der Waals surface area contributed by atoms with Gasteiger partial charge in [0.25, 0.3) is 0 Å². The highest BCUT2D eigenvalue weighted by atomic mass is 16.5. The van der Waals surface area contributed by atoms with Crippen LogP contribution < -0.4 is 9.47 Å². The highest BCUT2D eigenvalue weighted by Gasteiger charge is 2.28. The summed E-state index contributed by atoms with van der Waals surface area (Å²) in [5, 5.41) is 9.53. The number of esters is 2. The number of carboxylic acids is 1. The van der Waals surface area contributed by atoms with Crippen molar-refractivity contribution >= 4 is 17.9 Å². The molecule has 0 radical (unpaired) electrons. The third-order valence-corrected chi connectivity index (χ3v) is 5.81. The van der Waals surface area contributed by atoms with Gasteiger partial charge in [0.15, 0.2) is 0 Å². The van der Waals surface area contributed by atoms with Crippen molar-refractivity contribution < 1.29 is 38.4 Å². The second kappa shape index (κ2) is 13.0. The van der Waals surface area contributed by atoms with Gasteiger partial charge in [-0.15, -0.1) is 0 Å². The average molecular weight is 491 g/mol. The molecule has 0 heterocycles. The maximum Gasteiger partial charge on any atom is 0.335 e. The number of ether oxygens (including phenoxy) is 4. The zero-order valence-electron chi connectivity index (χ0n) is 21.7. The molecule has 0 aliphatic carbocycles. The van der Waals surface area contributed by atoms with Gasteiger partial charge < -0.3 is 24.1 Å². The molecule has 2 atom stereocenters. The van der Waals surface area contributed by atoms with E-state index in [9.17, 15) is 19.5 Å². The molecule has 8 heteroatoms. The molecule has 0 saturated heterocycles. The largest absolute Gasteiger partial charge is 0.493 e. The molecular weight excluding hydrogens is 452 g/mol. The Balaban J connectivity index is 2.95. The van der Waals surface area contributed by atoms with Gasteiger partial charge in [-0.25, -0.2) is 14.4 Å². The Kier molecular flexibility index (Phi) is 11.0. The quantitative estimate of drug-likeness (QED) is 0.264. The van der Waals surface area contributed by atoms with Crippen molar-refractivity contribution in [3.05, 3.63) is 48.1 Å². The van der Waals surface area contributed by atoms with E-state index < -0.39 is 28.7 Å². The zero-order chi connectivity index (χ0) is 26.8. The van der Waals surface area contributed by atoms with Crippen LogP contribution >= 0.6 is 0 Å². The monoisotopic (exact) mass is 490 g/mol. The van der Waals surface area contributed by atoms with Crippen molar-refractivity contribution in [3.63, 3.8) is 0 Å². The van der Waals surface area contributed by atoms with Crippen molar-refractivity contribution in [3.8, 4) is 11.5 Å². The number of carbonyl (C=O) groups is 3. The topological polar surface area (TPSA) is 108 Å². The SMILES string of the molecule is C=C(C)C(=O)OCC(C)(CC)COc1cc(OCC(C)(CC)COC(=O)C(=C)C)cc(C(=O)O)c1. The molecule has 0 aliphatic rings. The van der Waals surface area contributed by atoms with Gasteiger partial charge in [-0.2, -0.15) is 0 Å². The van der Waals surface area contributed by atoms with E-state index in [0.717, 1.165) is 0 Å². The maximum atomic E-state index is 11.8. The lowest BCUT2D eigenvalue weighted by Gasteiger charge is -2.28.